The molecule has 1 rings (SSSR count). The standard InChI is InChI=1S/C8H9N.C3H7N/c9-7-6-8-4-2-1-3-5-8;1-3-4-2/h1-5,7,9H,6H2;3-4H,1H2,2H3. The van der Waals surface area contributed by atoms with E-state index in [0.717, 1.165) is 6.42 Å². The Kier molecular flexibility index (Phi) is 7.50. The summed E-state index contributed by atoms with van der Waals surface area (Å²) in [5, 5.41) is 9.51. The molecule has 0 bridgehead atoms. The summed E-state index contributed by atoms with van der Waals surface area (Å²) < 4.78 is 0. The van der Waals surface area contributed by atoms with E-state index in [-0.39, 0.29) is 0 Å². The molecule has 0 spiro atoms. The van der Waals surface area contributed by atoms with E-state index in [1.54, 1.807) is 6.20 Å². The summed E-state index contributed by atoms with van der Waals surface area (Å²) in [7, 11) is 1.81. The van der Waals surface area contributed by atoms with Gasteiger partial charge in [-0.15, -0.1) is 0 Å². The summed E-state index contributed by atoms with van der Waals surface area (Å²) in [6.45, 7) is 3.37. The van der Waals surface area contributed by atoms with Crippen LogP contribution in [-0.2, 0) is 6.42 Å². The van der Waals surface area contributed by atoms with Crippen LogP contribution >= 0.6 is 0 Å². The summed E-state index contributed by atoms with van der Waals surface area (Å²) >= 11 is 0. The lowest BCUT2D eigenvalue weighted by Gasteiger charge is -1.90. The summed E-state index contributed by atoms with van der Waals surface area (Å²) in [6, 6.07) is 9.99. The summed E-state index contributed by atoms with van der Waals surface area (Å²) in [4.78, 5) is 0. The third kappa shape index (κ3) is 6.81. The van der Waals surface area contributed by atoms with Crippen LogP contribution in [-0.4, -0.2) is 13.3 Å². The van der Waals surface area contributed by atoms with E-state index in [1.807, 2.05) is 37.4 Å². The van der Waals surface area contributed by atoms with E-state index in [9.17, 15) is 0 Å². The van der Waals surface area contributed by atoms with Crippen LogP contribution in [0, 0.1) is 5.41 Å². The zero-order valence-electron chi connectivity index (χ0n) is 7.96. The highest BCUT2D eigenvalue weighted by molar-refractivity contribution is 5.57. The Morgan fingerprint density at radius 1 is 1.38 bits per heavy atom. The molecule has 2 nitrogen and oxygen atoms in total. The highest BCUT2D eigenvalue weighted by atomic mass is 14.8. The lowest BCUT2D eigenvalue weighted by molar-refractivity contribution is 1.11. The lowest BCUT2D eigenvalue weighted by atomic mass is 10.2. The Morgan fingerprint density at radius 2 is 1.92 bits per heavy atom. The molecular formula is C11H16N2. The lowest BCUT2D eigenvalue weighted by Crippen LogP contribution is -1.87. The van der Waals surface area contributed by atoms with Crippen molar-refractivity contribution in [2.45, 2.75) is 6.42 Å². The average Bonchev–Trinajstić information content (AvgIpc) is 2.20. The molecule has 0 aliphatic rings. The third-order valence-electron chi connectivity index (χ3n) is 1.38. The van der Waals surface area contributed by atoms with Crippen molar-refractivity contribution in [1.29, 1.82) is 5.41 Å². The molecule has 0 aliphatic heterocycles. The van der Waals surface area contributed by atoms with Crippen LogP contribution in [0.4, 0.5) is 0 Å². The molecular weight excluding hydrogens is 160 g/mol. The molecule has 1 aromatic rings. The van der Waals surface area contributed by atoms with Gasteiger partial charge in [0.05, 0.1) is 0 Å². The fraction of sp³-hybridized carbons (Fsp3) is 0.182. The Labute approximate surface area is 79.8 Å². The first-order valence-electron chi connectivity index (χ1n) is 4.16. The van der Waals surface area contributed by atoms with Gasteiger partial charge in [0, 0.05) is 13.5 Å². The van der Waals surface area contributed by atoms with Gasteiger partial charge in [-0.2, -0.15) is 0 Å². The zero-order chi connectivity index (χ0) is 9.94. The Hall–Kier alpha value is -1.57. The fourth-order valence-electron chi connectivity index (χ4n) is 0.732. The van der Waals surface area contributed by atoms with Crippen LogP contribution in [0.5, 0.6) is 0 Å². The normalized spacial score (nSPS) is 7.77. The molecule has 0 unspecified atom stereocenters. The molecule has 0 aliphatic carbocycles. The van der Waals surface area contributed by atoms with Crippen LogP contribution < -0.4 is 5.32 Å². The minimum atomic E-state index is 0.751. The minimum absolute atomic E-state index is 0.751. The Bertz CT molecular complexity index is 229. The molecule has 0 amide bonds. The maximum Gasteiger partial charge on any atom is 0.00714 e. The first-order valence-corrected chi connectivity index (χ1v) is 4.16. The SMILES string of the molecule is C=CNC.N=CCc1ccccc1. The average molecular weight is 176 g/mol. The maximum atomic E-state index is 6.82. The van der Waals surface area contributed by atoms with Gasteiger partial charge in [0.15, 0.2) is 0 Å². The largest absolute Gasteiger partial charge is 0.394 e. The molecule has 0 radical (unpaired) electrons. The van der Waals surface area contributed by atoms with Crippen molar-refractivity contribution in [2.75, 3.05) is 7.05 Å². The highest BCUT2D eigenvalue weighted by Gasteiger charge is 1.82. The second kappa shape index (κ2) is 8.53. The van der Waals surface area contributed by atoms with E-state index in [1.165, 1.54) is 11.8 Å². The maximum absolute atomic E-state index is 6.82. The van der Waals surface area contributed by atoms with E-state index in [0.29, 0.717) is 0 Å². The minimum Gasteiger partial charge on any atom is -0.394 e. The van der Waals surface area contributed by atoms with Gasteiger partial charge in [0.25, 0.3) is 0 Å². The second-order valence-corrected chi connectivity index (χ2v) is 2.39. The van der Waals surface area contributed by atoms with Crippen LogP contribution in [0.3, 0.4) is 0 Å². The molecule has 0 atom stereocenters. The molecule has 0 fully saturated rings. The number of nitrogens with one attached hydrogen (secondary N) is 2. The van der Waals surface area contributed by atoms with Crippen LogP contribution in [0.25, 0.3) is 0 Å². The van der Waals surface area contributed by atoms with Crippen molar-refractivity contribution in [3.8, 4) is 0 Å². The number of benzene rings is 1. The molecule has 0 aromatic heterocycles. The third-order valence-corrected chi connectivity index (χ3v) is 1.38. The quantitative estimate of drug-likeness (QED) is 0.681. The predicted molar refractivity (Wildman–Crippen MR) is 58.2 cm³/mol. The van der Waals surface area contributed by atoms with Gasteiger partial charge in [-0.05, 0) is 18.0 Å². The highest BCUT2D eigenvalue weighted by Crippen LogP contribution is 1.96. The van der Waals surface area contributed by atoms with Crippen LogP contribution in [0.2, 0.25) is 0 Å². The molecule has 0 saturated carbocycles. The number of hydrogen-bond acceptors (Lipinski definition) is 2. The van der Waals surface area contributed by atoms with E-state index >= 15 is 0 Å². The Balaban J connectivity index is 0.000000310. The zero-order valence-corrected chi connectivity index (χ0v) is 7.96. The molecule has 1 aromatic carbocycles. The topological polar surface area (TPSA) is 35.9 Å². The smallest absolute Gasteiger partial charge is 0.00714 e. The molecule has 2 heteroatoms. The molecule has 0 saturated heterocycles. The van der Waals surface area contributed by atoms with Gasteiger partial charge in [0.2, 0.25) is 0 Å². The predicted octanol–water partition coefficient (Wildman–Crippen LogP) is 2.23. The van der Waals surface area contributed by atoms with E-state index < -0.39 is 0 Å². The van der Waals surface area contributed by atoms with E-state index in [4.69, 9.17) is 5.41 Å². The van der Waals surface area contributed by atoms with Gasteiger partial charge >= 0.3 is 0 Å². The van der Waals surface area contributed by atoms with Crippen LogP contribution in [0.15, 0.2) is 43.1 Å². The second-order valence-electron chi connectivity index (χ2n) is 2.39. The number of rotatable bonds is 3. The molecule has 13 heavy (non-hydrogen) atoms. The van der Waals surface area contributed by atoms with E-state index in [2.05, 4.69) is 11.9 Å². The molecule has 70 valence electrons. The summed E-state index contributed by atoms with van der Waals surface area (Å²) in [6.07, 6.45) is 3.79. The van der Waals surface area contributed by atoms with Gasteiger partial charge in [-0.3, -0.25) is 0 Å². The van der Waals surface area contributed by atoms with Crippen molar-refractivity contribution >= 4 is 6.21 Å². The summed E-state index contributed by atoms with van der Waals surface area (Å²) in [5.41, 5.74) is 1.20. The van der Waals surface area contributed by atoms with Crippen molar-refractivity contribution < 1.29 is 0 Å². The molecule has 0 heterocycles. The van der Waals surface area contributed by atoms with Crippen LogP contribution in [0.1, 0.15) is 5.56 Å². The fourth-order valence-corrected chi connectivity index (χ4v) is 0.732. The van der Waals surface area contributed by atoms with Gasteiger partial charge in [0.1, 0.15) is 0 Å². The van der Waals surface area contributed by atoms with Crippen molar-refractivity contribution in [2.24, 2.45) is 0 Å². The van der Waals surface area contributed by atoms with Gasteiger partial charge in [-0.1, -0.05) is 36.9 Å². The Morgan fingerprint density at radius 3 is 2.31 bits per heavy atom. The van der Waals surface area contributed by atoms with Gasteiger partial charge in [-0.25, -0.2) is 0 Å². The first kappa shape index (κ1) is 11.4. The first-order chi connectivity index (χ1) is 6.35. The van der Waals surface area contributed by atoms with Crippen molar-refractivity contribution in [1.82, 2.24) is 5.32 Å². The van der Waals surface area contributed by atoms with Crippen molar-refractivity contribution in [3.05, 3.63) is 48.7 Å². The monoisotopic (exact) mass is 176 g/mol. The summed E-state index contributed by atoms with van der Waals surface area (Å²) in [5.74, 6) is 0. The van der Waals surface area contributed by atoms with Gasteiger partial charge < -0.3 is 10.7 Å². The molecule has 2 N–H and O–H groups in total. The van der Waals surface area contributed by atoms with Crippen molar-refractivity contribution in [3.63, 3.8) is 0 Å². The number of hydrogen-bond donors (Lipinski definition) is 2.